The lowest BCUT2D eigenvalue weighted by molar-refractivity contribution is 1.11. The van der Waals surface area contributed by atoms with E-state index in [1.165, 1.54) is 0 Å². The first-order chi connectivity index (χ1) is 5.95. The molecular weight excluding hydrogens is 172 g/mol. The van der Waals surface area contributed by atoms with Crippen LogP contribution in [0, 0.1) is 0 Å². The Bertz CT molecular complexity index is 312. The molecule has 0 aliphatic carbocycles. The summed E-state index contributed by atoms with van der Waals surface area (Å²) in [5.74, 6) is 0.648. The standard InChI is InChI=1S/C7H6N4S/c1-2-6(8-5-1)3-4-7-9-11-12-10-7/h1-5,8H. The van der Waals surface area contributed by atoms with E-state index in [9.17, 15) is 0 Å². The van der Waals surface area contributed by atoms with Crippen molar-refractivity contribution < 1.29 is 0 Å². The number of nitrogens with zero attached hydrogens (tertiary/aromatic N) is 3. The number of aromatic nitrogens is 4. The molecule has 60 valence electrons. The quantitative estimate of drug-likeness (QED) is 0.756. The predicted molar refractivity (Wildman–Crippen MR) is 47.4 cm³/mol. The van der Waals surface area contributed by atoms with Crippen LogP contribution in [0.2, 0.25) is 0 Å². The number of rotatable bonds is 2. The minimum Gasteiger partial charge on any atom is -0.362 e. The highest BCUT2D eigenvalue weighted by Crippen LogP contribution is 2.01. The van der Waals surface area contributed by atoms with Crippen molar-refractivity contribution in [2.75, 3.05) is 0 Å². The van der Waals surface area contributed by atoms with Crippen molar-refractivity contribution in [1.82, 2.24) is 18.9 Å². The summed E-state index contributed by atoms with van der Waals surface area (Å²) in [6, 6.07) is 3.91. The molecule has 0 unspecified atom stereocenters. The molecule has 12 heavy (non-hydrogen) atoms. The molecule has 1 N–H and O–H groups in total. The summed E-state index contributed by atoms with van der Waals surface area (Å²) in [6.07, 6.45) is 5.59. The van der Waals surface area contributed by atoms with Crippen LogP contribution in [0.5, 0.6) is 0 Å². The van der Waals surface area contributed by atoms with Gasteiger partial charge in [0.2, 0.25) is 0 Å². The van der Waals surface area contributed by atoms with Gasteiger partial charge in [-0.2, -0.15) is 4.37 Å². The van der Waals surface area contributed by atoms with Crippen LogP contribution in [0.4, 0.5) is 0 Å². The molecule has 2 aromatic heterocycles. The van der Waals surface area contributed by atoms with Crippen molar-refractivity contribution in [3.8, 4) is 0 Å². The molecule has 0 radical (unpaired) electrons. The second kappa shape index (κ2) is 3.27. The highest BCUT2D eigenvalue weighted by molar-refractivity contribution is 6.98. The molecule has 0 aliphatic rings. The van der Waals surface area contributed by atoms with Crippen LogP contribution >= 0.6 is 11.7 Å². The third-order valence-electron chi connectivity index (χ3n) is 1.35. The number of nitrogens with one attached hydrogen (secondary N) is 1. The van der Waals surface area contributed by atoms with Crippen molar-refractivity contribution >= 4 is 23.9 Å². The Morgan fingerprint density at radius 2 is 2.42 bits per heavy atom. The normalized spacial score (nSPS) is 11.0. The highest BCUT2D eigenvalue weighted by atomic mass is 32.1. The number of hydrogen-bond donors (Lipinski definition) is 1. The molecule has 0 bridgehead atoms. The second-order valence-corrected chi connectivity index (χ2v) is 2.68. The minimum atomic E-state index is 0.648. The zero-order chi connectivity index (χ0) is 8.23. The van der Waals surface area contributed by atoms with Crippen LogP contribution in [0.25, 0.3) is 12.2 Å². The van der Waals surface area contributed by atoms with Crippen LogP contribution in [0.15, 0.2) is 18.3 Å². The Hall–Kier alpha value is -1.49. The van der Waals surface area contributed by atoms with E-state index in [0.29, 0.717) is 5.82 Å². The lowest BCUT2D eigenvalue weighted by atomic mass is 10.4. The van der Waals surface area contributed by atoms with Crippen molar-refractivity contribution in [2.24, 2.45) is 0 Å². The summed E-state index contributed by atoms with van der Waals surface area (Å²) in [4.78, 5) is 3.04. The Morgan fingerprint density at radius 1 is 1.42 bits per heavy atom. The van der Waals surface area contributed by atoms with Gasteiger partial charge < -0.3 is 4.98 Å². The fourth-order valence-corrected chi connectivity index (χ4v) is 1.15. The first-order valence-electron chi connectivity index (χ1n) is 3.42. The molecule has 0 amide bonds. The van der Waals surface area contributed by atoms with Gasteiger partial charge in [0.05, 0.1) is 11.7 Å². The molecule has 0 saturated carbocycles. The maximum atomic E-state index is 3.93. The number of H-pyrrole nitrogens is 1. The Labute approximate surface area is 73.3 Å². The van der Waals surface area contributed by atoms with Gasteiger partial charge in [-0.25, -0.2) is 0 Å². The zero-order valence-corrected chi connectivity index (χ0v) is 6.95. The molecule has 0 spiro atoms. The first-order valence-corrected chi connectivity index (χ1v) is 4.15. The highest BCUT2D eigenvalue weighted by Gasteiger charge is 1.90. The molecule has 0 aliphatic heterocycles. The van der Waals surface area contributed by atoms with E-state index in [-0.39, 0.29) is 0 Å². The molecule has 4 nitrogen and oxygen atoms in total. The average molecular weight is 178 g/mol. The van der Waals surface area contributed by atoms with Gasteiger partial charge in [0.1, 0.15) is 0 Å². The molecule has 0 atom stereocenters. The Balaban J connectivity index is 2.14. The Kier molecular flexibility index (Phi) is 1.96. The molecule has 5 heteroatoms. The summed E-state index contributed by atoms with van der Waals surface area (Å²) in [5, 5.41) is 3.77. The smallest absolute Gasteiger partial charge is 0.189 e. The fourth-order valence-electron chi connectivity index (χ4n) is 0.814. The largest absolute Gasteiger partial charge is 0.362 e. The third-order valence-corrected chi connectivity index (χ3v) is 1.77. The van der Waals surface area contributed by atoms with Gasteiger partial charge in [0.15, 0.2) is 5.82 Å². The van der Waals surface area contributed by atoms with Crippen LogP contribution in [0.3, 0.4) is 0 Å². The lowest BCUT2D eigenvalue weighted by Crippen LogP contribution is -1.74. The van der Waals surface area contributed by atoms with Gasteiger partial charge in [-0.05, 0) is 24.3 Å². The number of hydrogen-bond acceptors (Lipinski definition) is 4. The monoisotopic (exact) mass is 178 g/mol. The minimum absolute atomic E-state index is 0.648. The van der Waals surface area contributed by atoms with Crippen LogP contribution in [-0.2, 0) is 0 Å². The maximum absolute atomic E-state index is 3.93. The van der Waals surface area contributed by atoms with Gasteiger partial charge in [-0.3, -0.25) is 0 Å². The van der Waals surface area contributed by atoms with Crippen LogP contribution in [-0.4, -0.2) is 18.9 Å². The van der Waals surface area contributed by atoms with Crippen molar-refractivity contribution in [2.45, 2.75) is 0 Å². The van der Waals surface area contributed by atoms with E-state index in [0.717, 1.165) is 17.4 Å². The summed E-state index contributed by atoms with van der Waals surface area (Å²) >= 11 is 1.10. The van der Waals surface area contributed by atoms with Crippen molar-refractivity contribution in [3.63, 3.8) is 0 Å². The SMILES string of the molecule is C(=Cc1ccc[nH]1)c1nnsn1. The van der Waals surface area contributed by atoms with Gasteiger partial charge in [0.25, 0.3) is 0 Å². The molecular formula is C7H6N4S. The van der Waals surface area contributed by atoms with E-state index in [1.807, 2.05) is 30.5 Å². The molecule has 2 aromatic rings. The Morgan fingerprint density at radius 3 is 3.08 bits per heavy atom. The fraction of sp³-hybridized carbons (Fsp3) is 0. The first kappa shape index (κ1) is 7.17. The lowest BCUT2D eigenvalue weighted by Gasteiger charge is -1.81. The zero-order valence-electron chi connectivity index (χ0n) is 6.14. The average Bonchev–Trinajstić information content (AvgIpc) is 2.74. The van der Waals surface area contributed by atoms with Gasteiger partial charge in [-0.15, -0.1) is 5.10 Å². The van der Waals surface area contributed by atoms with E-state index < -0.39 is 0 Å². The second-order valence-electron chi connectivity index (χ2n) is 2.17. The van der Waals surface area contributed by atoms with E-state index in [2.05, 4.69) is 18.9 Å². The summed E-state index contributed by atoms with van der Waals surface area (Å²) in [5.41, 5.74) is 1.03. The van der Waals surface area contributed by atoms with E-state index in [1.54, 1.807) is 0 Å². The van der Waals surface area contributed by atoms with Crippen molar-refractivity contribution in [3.05, 3.63) is 29.8 Å². The van der Waals surface area contributed by atoms with Crippen LogP contribution < -0.4 is 0 Å². The van der Waals surface area contributed by atoms with Gasteiger partial charge >= 0.3 is 0 Å². The summed E-state index contributed by atoms with van der Waals surface area (Å²) in [7, 11) is 0. The summed E-state index contributed by atoms with van der Waals surface area (Å²) < 4.78 is 7.58. The molecule has 0 aromatic carbocycles. The third kappa shape index (κ3) is 1.57. The van der Waals surface area contributed by atoms with Gasteiger partial charge in [0, 0.05) is 11.9 Å². The molecule has 2 rings (SSSR count). The topological polar surface area (TPSA) is 54.5 Å². The summed E-state index contributed by atoms with van der Waals surface area (Å²) in [6.45, 7) is 0. The van der Waals surface area contributed by atoms with E-state index >= 15 is 0 Å². The van der Waals surface area contributed by atoms with Crippen LogP contribution in [0.1, 0.15) is 11.5 Å². The predicted octanol–water partition coefficient (Wildman–Crippen LogP) is 1.43. The van der Waals surface area contributed by atoms with E-state index in [4.69, 9.17) is 0 Å². The molecule has 0 saturated heterocycles. The number of aromatic amines is 1. The van der Waals surface area contributed by atoms with Gasteiger partial charge in [-0.1, -0.05) is 4.49 Å². The molecule has 0 fully saturated rings. The maximum Gasteiger partial charge on any atom is 0.189 e. The molecule has 2 heterocycles. The van der Waals surface area contributed by atoms with Crippen molar-refractivity contribution in [1.29, 1.82) is 0 Å².